The molecule has 0 radical (unpaired) electrons. The van der Waals surface area contributed by atoms with Crippen molar-refractivity contribution in [2.75, 3.05) is 17.2 Å². The summed E-state index contributed by atoms with van der Waals surface area (Å²) in [6.45, 7) is 0.0142. The van der Waals surface area contributed by atoms with E-state index in [1.54, 1.807) is 29.1 Å². The van der Waals surface area contributed by atoms with Gasteiger partial charge in [-0.15, -0.1) is 34.9 Å². The van der Waals surface area contributed by atoms with E-state index < -0.39 is 63.9 Å². The van der Waals surface area contributed by atoms with Gasteiger partial charge in [0.05, 0.1) is 11.9 Å². The minimum Gasteiger partial charge on any atom is -0.503 e. The van der Waals surface area contributed by atoms with Gasteiger partial charge >= 0.3 is 5.97 Å². The number of nitrogens with one attached hydrogen (secondary N) is 2. The van der Waals surface area contributed by atoms with E-state index in [0.29, 0.717) is 17.8 Å². The Morgan fingerprint density at radius 2 is 1.93 bits per heavy atom. The number of primary amides is 1. The number of hydrogen-bond donors (Lipinski definition) is 7. The predicted molar refractivity (Wildman–Crippen MR) is 163 cm³/mol. The average Bonchev–Trinajstić information content (AvgIpc) is 3.44. The number of aromatic hydroxyl groups is 1. The molecule has 1 unspecified atom stereocenters. The number of thioether (sulfide) groups is 2. The van der Waals surface area contributed by atoms with Gasteiger partial charge < -0.3 is 37.5 Å². The van der Waals surface area contributed by atoms with Crippen molar-refractivity contribution in [3.8, 4) is 5.75 Å². The van der Waals surface area contributed by atoms with Gasteiger partial charge in [0.15, 0.2) is 29.3 Å². The van der Waals surface area contributed by atoms with Crippen LogP contribution in [-0.2, 0) is 25.7 Å². The van der Waals surface area contributed by atoms with E-state index in [1.807, 2.05) is 0 Å². The van der Waals surface area contributed by atoms with Gasteiger partial charge in [-0.1, -0.05) is 0 Å². The molecule has 0 saturated carbocycles. The number of carbonyl (C=O) groups is 5. The first kappa shape index (κ1) is 32.3. The number of nitrogen functional groups attached to an aromatic ring is 1. The second-order valence-electron chi connectivity index (χ2n) is 9.88. The number of nitrogens with two attached hydrogens (primary N) is 2. The maximum atomic E-state index is 13.5. The molecule has 0 aromatic carbocycles. The lowest BCUT2D eigenvalue weighted by atomic mass is 10.0. The molecule has 1 saturated heterocycles. The van der Waals surface area contributed by atoms with Gasteiger partial charge in [-0.25, -0.2) is 9.78 Å². The number of nitrogens with zero attached hydrogens (tertiary/aromatic N) is 4. The fourth-order valence-corrected chi connectivity index (χ4v) is 7.58. The molecule has 5 heterocycles. The Morgan fingerprint density at radius 1 is 1.22 bits per heavy atom. The van der Waals surface area contributed by atoms with Gasteiger partial charge in [-0.05, 0) is 5.57 Å². The first-order valence-electron chi connectivity index (χ1n) is 13.1. The van der Waals surface area contributed by atoms with E-state index in [9.17, 15) is 44.2 Å². The zero-order valence-corrected chi connectivity index (χ0v) is 25.8. The maximum Gasteiger partial charge on any atom is 0.352 e. The van der Waals surface area contributed by atoms with E-state index >= 15 is 0 Å². The molecule has 17 nitrogen and oxygen atoms in total. The number of aromatic nitrogens is 3. The van der Waals surface area contributed by atoms with Crippen molar-refractivity contribution in [1.82, 2.24) is 25.2 Å². The van der Waals surface area contributed by atoms with Crippen LogP contribution in [0.2, 0.25) is 0 Å². The molecule has 9 N–H and O–H groups in total. The lowest BCUT2D eigenvalue weighted by Gasteiger charge is -2.49. The summed E-state index contributed by atoms with van der Waals surface area (Å²) < 4.78 is 1.80. The van der Waals surface area contributed by atoms with Crippen LogP contribution in [0.15, 0.2) is 63.1 Å². The maximum absolute atomic E-state index is 13.5. The van der Waals surface area contributed by atoms with Crippen molar-refractivity contribution < 1.29 is 44.0 Å². The standard InChI is InChI=1S/C26H24N8O9S3/c27-17(37)7-32-3-1-12(2-4-32)44-8-11-9-45-24-19(23(40)34(24)20(11)25(41)42)31-22(39)18(13-10-46-26(28)29-13)30-21(38)14-5-15(35)16(36)6-33(14)43/h1-6,10,18-19,24,43H,7-9H2,(H7-,27,28,29,30,31,36,37,38,39,41,42)/p+1/t18?,19-,24-/m1/s1. The molecule has 1 fully saturated rings. The highest BCUT2D eigenvalue weighted by atomic mass is 32.2. The molecule has 4 amide bonds. The molecule has 3 aromatic heterocycles. The van der Waals surface area contributed by atoms with Gasteiger partial charge in [0, 0.05) is 40.0 Å². The summed E-state index contributed by atoms with van der Waals surface area (Å²) in [4.78, 5) is 80.8. The first-order chi connectivity index (χ1) is 21.8. The number of carboxylic acid groups (broad SMARTS) is 1. The molecule has 2 aliphatic rings. The van der Waals surface area contributed by atoms with Crippen molar-refractivity contribution in [1.29, 1.82) is 0 Å². The smallest absolute Gasteiger partial charge is 0.352 e. The van der Waals surface area contributed by atoms with Crippen LogP contribution in [0.5, 0.6) is 5.75 Å². The summed E-state index contributed by atoms with van der Waals surface area (Å²) in [7, 11) is 0. The van der Waals surface area contributed by atoms with Gasteiger partial charge in [0.25, 0.3) is 17.7 Å². The number of pyridine rings is 2. The Morgan fingerprint density at radius 3 is 2.57 bits per heavy atom. The SMILES string of the molecule is NC(=O)C[n+]1ccc(SCC2=C(C(=O)O)N3C(=O)[C@@H](NC(=O)C(NC(=O)c4cc(=O)c(O)cn4O)c4csc(N)n4)[C@H]3SC2)cc1. The largest absolute Gasteiger partial charge is 0.503 e. The van der Waals surface area contributed by atoms with E-state index in [1.165, 1.54) is 28.9 Å². The topological polar surface area (TPSA) is 264 Å². The molecule has 0 bridgehead atoms. The molecule has 240 valence electrons. The molecule has 0 spiro atoms. The molecule has 5 rings (SSSR count). The van der Waals surface area contributed by atoms with Crippen LogP contribution in [0.1, 0.15) is 22.2 Å². The predicted octanol–water partition coefficient (Wildman–Crippen LogP) is -1.40. The lowest BCUT2D eigenvalue weighted by Crippen LogP contribution is -2.71. The zero-order valence-electron chi connectivity index (χ0n) is 23.4. The first-order valence-corrected chi connectivity index (χ1v) is 16.0. The number of aliphatic carboxylic acids is 1. The Hall–Kier alpha value is -5.08. The number of hydrogen-bond acceptors (Lipinski definition) is 13. The number of carbonyl (C=O) groups excluding carboxylic acids is 4. The van der Waals surface area contributed by atoms with Crippen LogP contribution < -0.4 is 32.1 Å². The van der Waals surface area contributed by atoms with Crippen molar-refractivity contribution in [3.05, 3.63) is 75.1 Å². The number of fused-ring (bicyclic) bond motifs is 1. The van der Waals surface area contributed by atoms with Gasteiger partial charge in [-0.3, -0.25) is 28.9 Å². The van der Waals surface area contributed by atoms with E-state index in [4.69, 9.17) is 11.5 Å². The minimum atomic E-state index is -1.53. The van der Waals surface area contributed by atoms with Crippen molar-refractivity contribution in [2.24, 2.45) is 5.73 Å². The Bertz CT molecular complexity index is 1840. The highest BCUT2D eigenvalue weighted by Gasteiger charge is 2.54. The highest BCUT2D eigenvalue weighted by molar-refractivity contribution is 8.01. The number of anilines is 1. The number of amides is 4. The van der Waals surface area contributed by atoms with Crippen LogP contribution in [0.3, 0.4) is 0 Å². The number of thiazole rings is 1. The number of rotatable bonds is 11. The monoisotopic (exact) mass is 689 g/mol. The van der Waals surface area contributed by atoms with E-state index in [0.717, 1.165) is 21.1 Å². The Labute approximate surface area is 270 Å². The highest BCUT2D eigenvalue weighted by Crippen LogP contribution is 2.41. The summed E-state index contributed by atoms with van der Waals surface area (Å²) in [5, 5.41) is 35.1. The number of β-lactam (4-membered cyclic amide) rings is 1. The number of carboxylic acids is 1. The zero-order chi connectivity index (χ0) is 33.3. The second-order valence-corrected chi connectivity index (χ2v) is 12.9. The lowest BCUT2D eigenvalue weighted by molar-refractivity contribution is -0.684. The van der Waals surface area contributed by atoms with Crippen LogP contribution in [-0.4, -0.2) is 82.6 Å². The van der Waals surface area contributed by atoms with Crippen LogP contribution >= 0.6 is 34.9 Å². The molecule has 3 atom stereocenters. The van der Waals surface area contributed by atoms with Crippen LogP contribution in [0, 0.1) is 0 Å². The third-order valence-electron chi connectivity index (χ3n) is 6.78. The van der Waals surface area contributed by atoms with Crippen molar-refractivity contribution in [3.63, 3.8) is 0 Å². The normalized spacial score (nSPS) is 17.9. The molecular weight excluding hydrogens is 665 g/mol. The molecule has 0 aliphatic carbocycles. The molecule has 46 heavy (non-hydrogen) atoms. The Balaban J connectivity index is 1.30. The third kappa shape index (κ3) is 6.62. The molecule has 20 heteroatoms. The quantitative estimate of drug-likeness (QED) is 0.0530. The summed E-state index contributed by atoms with van der Waals surface area (Å²) in [5.74, 6) is -4.76. The summed E-state index contributed by atoms with van der Waals surface area (Å²) in [6, 6.07) is 1.49. The van der Waals surface area contributed by atoms with Gasteiger partial charge in [-0.2, -0.15) is 9.30 Å². The van der Waals surface area contributed by atoms with Gasteiger partial charge in [0.2, 0.25) is 17.9 Å². The molecule has 2 aliphatic heterocycles. The van der Waals surface area contributed by atoms with Crippen LogP contribution in [0.4, 0.5) is 5.13 Å². The van der Waals surface area contributed by atoms with Crippen LogP contribution in [0.25, 0.3) is 0 Å². The fourth-order valence-electron chi connectivity index (χ4n) is 4.62. The van der Waals surface area contributed by atoms with Crippen molar-refractivity contribution >= 4 is 69.6 Å². The third-order valence-corrected chi connectivity index (χ3v) is 9.91. The van der Waals surface area contributed by atoms with E-state index in [2.05, 4.69) is 15.6 Å². The summed E-state index contributed by atoms with van der Waals surface area (Å²) >= 11 is 3.57. The average molecular weight is 690 g/mol. The minimum absolute atomic E-state index is 0.00498. The van der Waals surface area contributed by atoms with Crippen molar-refractivity contribution in [2.45, 2.75) is 28.9 Å². The summed E-state index contributed by atoms with van der Waals surface area (Å²) in [5.41, 5.74) is 9.68. The second kappa shape index (κ2) is 13.1. The molecule has 3 aromatic rings. The van der Waals surface area contributed by atoms with E-state index in [-0.39, 0.29) is 39.3 Å². The van der Waals surface area contributed by atoms with Gasteiger partial charge in [0.1, 0.15) is 22.8 Å². The molecular formula is C26H25N8O9S3+. The Kier molecular flexibility index (Phi) is 9.21. The summed E-state index contributed by atoms with van der Waals surface area (Å²) in [6.07, 6.45) is 3.94. The fraction of sp³-hybridized carbons (Fsp3) is 0.231.